The molecule has 0 fully saturated rings. The maximum atomic E-state index is 12.3. The molecule has 0 unspecified atom stereocenters. The molecule has 1 N–H and O–H groups in total. The molecule has 8 heteroatoms. The van der Waals surface area contributed by atoms with Gasteiger partial charge < -0.3 is 10.1 Å². The standard InChI is InChI=1S/C20H20N2O4S2/c23-20(21-10-5-11-28(24,25)19-8-2-1-3-9-19)16-6-4-7-18(12-16)26-13-17-14-27-15-22-17/h1-4,6-9,12,14-15H,5,10-11,13H2,(H,21,23). The first-order valence-electron chi connectivity index (χ1n) is 8.70. The number of ether oxygens (including phenoxy) is 1. The second-order valence-corrected chi connectivity index (χ2v) is 8.87. The van der Waals surface area contributed by atoms with Gasteiger partial charge in [0.2, 0.25) is 0 Å². The van der Waals surface area contributed by atoms with Gasteiger partial charge >= 0.3 is 0 Å². The summed E-state index contributed by atoms with van der Waals surface area (Å²) in [6, 6.07) is 15.2. The molecule has 0 saturated carbocycles. The van der Waals surface area contributed by atoms with Crippen molar-refractivity contribution in [2.24, 2.45) is 0 Å². The summed E-state index contributed by atoms with van der Waals surface area (Å²) in [5.41, 5.74) is 3.03. The van der Waals surface area contributed by atoms with Gasteiger partial charge in [0.05, 0.1) is 21.9 Å². The van der Waals surface area contributed by atoms with Crippen molar-refractivity contribution in [3.05, 3.63) is 76.7 Å². The van der Waals surface area contributed by atoms with Crippen LogP contribution in [0.3, 0.4) is 0 Å². The summed E-state index contributed by atoms with van der Waals surface area (Å²) >= 11 is 1.50. The van der Waals surface area contributed by atoms with Gasteiger partial charge in [-0.25, -0.2) is 13.4 Å². The summed E-state index contributed by atoms with van der Waals surface area (Å²) in [6.07, 6.45) is 0.336. The van der Waals surface area contributed by atoms with Gasteiger partial charge in [0.1, 0.15) is 12.4 Å². The summed E-state index contributed by atoms with van der Waals surface area (Å²) in [7, 11) is -3.33. The van der Waals surface area contributed by atoms with Gasteiger partial charge in [0, 0.05) is 17.5 Å². The molecule has 146 valence electrons. The number of rotatable bonds is 9. The van der Waals surface area contributed by atoms with E-state index >= 15 is 0 Å². The Balaban J connectivity index is 1.47. The number of carbonyl (C=O) groups excluding carboxylic acids is 1. The van der Waals surface area contributed by atoms with Crippen molar-refractivity contribution in [2.45, 2.75) is 17.9 Å². The molecule has 0 atom stereocenters. The van der Waals surface area contributed by atoms with Crippen molar-refractivity contribution >= 4 is 27.1 Å². The zero-order valence-corrected chi connectivity index (χ0v) is 16.7. The molecule has 2 aromatic carbocycles. The predicted molar refractivity (Wildman–Crippen MR) is 108 cm³/mol. The van der Waals surface area contributed by atoms with E-state index < -0.39 is 9.84 Å². The first-order valence-corrected chi connectivity index (χ1v) is 11.3. The fourth-order valence-corrected chi connectivity index (χ4v) is 4.38. The van der Waals surface area contributed by atoms with Crippen LogP contribution in [0.25, 0.3) is 0 Å². The Bertz CT molecular complexity index is 1000. The number of carbonyl (C=O) groups is 1. The Morgan fingerprint density at radius 3 is 2.68 bits per heavy atom. The third-order valence-corrected chi connectivity index (χ3v) is 6.40. The van der Waals surface area contributed by atoms with Crippen LogP contribution in [0, 0.1) is 0 Å². The average Bonchev–Trinajstić information content (AvgIpc) is 3.24. The van der Waals surface area contributed by atoms with Gasteiger partial charge in [-0.05, 0) is 36.8 Å². The van der Waals surface area contributed by atoms with Crippen LogP contribution in [-0.4, -0.2) is 31.6 Å². The Hall–Kier alpha value is -2.71. The monoisotopic (exact) mass is 416 g/mol. The van der Waals surface area contributed by atoms with Crippen molar-refractivity contribution < 1.29 is 17.9 Å². The molecule has 28 heavy (non-hydrogen) atoms. The fourth-order valence-electron chi connectivity index (χ4n) is 2.51. The minimum atomic E-state index is -3.33. The number of nitrogens with one attached hydrogen (secondary N) is 1. The predicted octanol–water partition coefficient (Wildman–Crippen LogP) is 3.32. The lowest BCUT2D eigenvalue weighted by Crippen LogP contribution is -2.26. The fraction of sp³-hybridized carbons (Fsp3) is 0.200. The number of aromatic nitrogens is 1. The molecular weight excluding hydrogens is 396 g/mol. The number of thiazole rings is 1. The third kappa shape index (κ3) is 5.64. The second-order valence-electron chi connectivity index (χ2n) is 6.04. The largest absolute Gasteiger partial charge is 0.487 e. The minimum Gasteiger partial charge on any atom is -0.487 e. The summed E-state index contributed by atoms with van der Waals surface area (Å²) in [4.78, 5) is 16.7. The van der Waals surface area contributed by atoms with Crippen LogP contribution in [0.4, 0.5) is 0 Å². The van der Waals surface area contributed by atoms with Gasteiger partial charge in [0.15, 0.2) is 9.84 Å². The van der Waals surface area contributed by atoms with E-state index in [1.165, 1.54) is 11.3 Å². The highest BCUT2D eigenvalue weighted by Crippen LogP contribution is 2.15. The number of hydrogen-bond acceptors (Lipinski definition) is 6. The Kier molecular flexibility index (Phi) is 6.78. The van der Waals surface area contributed by atoms with Crippen molar-refractivity contribution in [2.75, 3.05) is 12.3 Å². The lowest BCUT2D eigenvalue weighted by Gasteiger charge is -2.08. The van der Waals surface area contributed by atoms with E-state index in [1.54, 1.807) is 60.1 Å². The highest BCUT2D eigenvalue weighted by Gasteiger charge is 2.14. The molecule has 0 radical (unpaired) electrons. The highest BCUT2D eigenvalue weighted by atomic mass is 32.2. The van der Waals surface area contributed by atoms with Gasteiger partial charge in [-0.1, -0.05) is 24.3 Å². The normalized spacial score (nSPS) is 11.1. The smallest absolute Gasteiger partial charge is 0.251 e. The molecule has 0 saturated heterocycles. The molecule has 1 aromatic heterocycles. The number of sulfone groups is 1. The topological polar surface area (TPSA) is 85.4 Å². The molecular formula is C20H20N2O4S2. The van der Waals surface area contributed by atoms with Crippen LogP contribution in [0.2, 0.25) is 0 Å². The van der Waals surface area contributed by atoms with Crippen LogP contribution in [-0.2, 0) is 16.4 Å². The Labute approximate surface area is 168 Å². The maximum absolute atomic E-state index is 12.3. The number of amides is 1. The lowest BCUT2D eigenvalue weighted by atomic mass is 10.2. The van der Waals surface area contributed by atoms with Crippen LogP contribution >= 0.6 is 11.3 Å². The molecule has 3 rings (SSSR count). The van der Waals surface area contributed by atoms with Gasteiger partial charge in [-0.3, -0.25) is 4.79 Å². The van der Waals surface area contributed by atoms with Gasteiger partial charge in [-0.15, -0.1) is 11.3 Å². The minimum absolute atomic E-state index is 0.0198. The molecule has 1 amide bonds. The number of nitrogens with zero attached hydrogens (tertiary/aromatic N) is 1. The quantitative estimate of drug-likeness (QED) is 0.541. The first-order chi connectivity index (χ1) is 13.5. The SMILES string of the molecule is O=C(NCCCS(=O)(=O)c1ccccc1)c1cccc(OCc2cscn2)c1. The summed E-state index contributed by atoms with van der Waals surface area (Å²) in [5.74, 6) is 0.289. The molecule has 0 bridgehead atoms. The summed E-state index contributed by atoms with van der Waals surface area (Å²) in [6.45, 7) is 0.612. The van der Waals surface area contributed by atoms with Crippen molar-refractivity contribution in [1.82, 2.24) is 10.3 Å². The van der Waals surface area contributed by atoms with E-state index in [0.717, 1.165) is 5.69 Å². The van der Waals surface area contributed by atoms with Crippen molar-refractivity contribution in [1.29, 1.82) is 0 Å². The van der Waals surface area contributed by atoms with E-state index in [4.69, 9.17) is 4.74 Å². The van der Waals surface area contributed by atoms with Gasteiger partial charge in [0.25, 0.3) is 5.91 Å². The van der Waals surface area contributed by atoms with Crippen LogP contribution in [0.1, 0.15) is 22.5 Å². The molecule has 3 aromatic rings. The van der Waals surface area contributed by atoms with E-state index in [2.05, 4.69) is 10.3 Å². The second kappa shape index (κ2) is 9.48. The van der Waals surface area contributed by atoms with E-state index in [-0.39, 0.29) is 18.2 Å². The molecule has 0 aliphatic carbocycles. The number of benzene rings is 2. The van der Waals surface area contributed by atoms with Crippen LogP contribution < -0.4 is 10.1 Å². The number of hydrogen-bond donors (Lipinski definition) is 1. The van der Waals surface area contributed by atoms with E-state index in [0.29, 0.717) is 29.2 Å². The molecule has 1 heterocycles. The Morgan fingerprint density at radius 1 is 1.11 bits per heavy atom. The molecule has 0 aliphatic rings. The first kappa shape index (κ1) is 20.0. The van der Waals surface area contributed by atoms with Crippen LogP contribution in [0.15, 0.2) is 70.4 Å². The molecule has 6 nitrogen and oxygen atoms in total. The van der Waals surface area contributed by atoms with Crippen LogP contribution in [0.5, 0.6) is 5.75 Å². The zero-order valence-electron chi connectivity index (χ0n) is 15.1. The third-order valence-electron chi connectivity index (χ3n) is 3.94. The van der Waals surface area contributed by atoms with E-state index in [9.17, 15) is 13.2 Å². The van der Waals surface area contributed by atoms with Crippen molar-refractivity contribution in [3.63, 3.8) is 0 Å². The van der Waals surface area contributed by atoms with E-state index in [1.807, 2.05) is 5.38 Å². The molecule has 0 spiro atoms. The molecule has 0 aliphatic heterocycles. The lowest BCUT2D eigenvalue weighted by molar-refractivity contribution is 0.0953. The Morgan fingerprint density at radius 2 is 1.93 bits per heavy atom. The summed E-state index contributed by atoms with van der Waals surface area (Å²) < 4.78 is 30.1. The maximum Gasteiger partial charge on any atom is 0.251 e. The average molecular weight is 417 g/mol. The summed E-state index contributed by atoms with van der Waals surface area (Å²) in [5, 5.41) is 4.65. The highest BCUT2D eigenvalue weighted by molar-refractivity contribution is 7.91. The van der Waals surface area contributed by atoms with Crippen molar-refractivity contribution in [3.8, 4) is 5.75 Å². The van der Waals surface area contributed by atoms with Gasteiger partial charge in [-0.2, -0.15) is 0 Å². The zero-order chi connectivity index (χ0) is 19.8.